The van der Waals surface area contributed by atoms with E-state index in [4.69, 9.17) is 0 Å². The summed E-state index contributed by atoms with van der Waals surface area (Å²) in [6.07, 6.45) is 5.94. The molecule has 1 N–H and O–H groups in total. The van der Waals surface area contributed by atoms with E-state index in [0.29, 0.717) is 23.9 Å². The quantitative estimate of drug-likeness (QED) is 0.864. The largest absolute Gasteiger partial charge is 0.336 e. The summed E-state index contributed by atoms with van der Waals surface area (Å²) in [5.74, 6) is -0.351. The lowest BCUT2D eigenvalue weighted by atomic mass is 10.00. The topological polar surface area (TPSA) is 106 Å². The molecule has 2 aromatic rings. The van der Waals surface area contributed by atoms with Gasteiger partial charge in [-0.25, -0.2) is 4.98 Å². The first-order valence-corrected chi connectivity index (χ1v) is 7.14. The van der Waals surface area contributed by atoms with Gasteiger partial charge in [0.25, 0.3) is 5.56 Å². The molecule has 1 aliphatic rings. The van der Waals surface area contributed by atoms with E-state index in [0.717, 1.165) is 12.8 Å². The van der Waals surface area contributed by atoms with Crippen LogP contribution in [0.4, 0.5) is 0 Å². The molecule has 0 aromatic carbocycles. The summed E-state index contributed by atoms with van der Waals surface area (Å²) in [7, 11) is 1.70. The van der Waals surface area contributed by atoms with E-state index in [1.165, 1.54) is 21.8 Å². The zero-order chi connectivity index (χ0) is 15.7. The molecule has 2 aromatic heterocycles. The minimum absolute atomic E-state index is 0.153. The molecular formula is C14H16N6O2. The number of hydrogen-bond donors (Lipinski definition) is 1. The Morgan fingerprint density at radius 2 is 2.23 bits per heavy atom. The van der Waals surface area contributed by atoms with E-state index in [-0.39, 0.29) is 18.0 Å². The number of nitrogens with zero attached hydrogens (tertiary/aromatic N) is 5. The summed E-state index contributed by atoms with van der Waals surface area (Å²) in [5.41, 5.74) is -0.622. The van der Waals surface area contributed by atoms with Crippen LogP contribution >= 0.6 is 0 Å². The van der Waals surface area contributed by atoms with Gasteiger partial charge in [-0.15, -0.1) is 0 Å². The van der Waals surface area contributed by atoms with Gasteiger partial charge in [0, 0.05) is 7.05 Å². The molecule has 8 heteroatoms. The molecule has 1 saturated carbocycles. The van der Waals surface area contributed by atoms with Crippen molar-refractivity contribution in [1.82, 2.24) is 24.6 Å². The van der Waals surface area contributed by atoms with Crippen LogP contribution in [0.5, 0.6) is 0 Å². The lowest BCUT2D eigenvalue weighted by Gasteiger charge is -2.22. The number of aryl methyl sites for hydroxylation is 1. The second-order valence-corrected chi connectivity index (χ2v) is 5.63. The summed E-state index contributed by atoms with van der Waals surface area (Å²) < 4.78 is 2.74. The third-order valence-corrected chi connectivity index (χ3v) is 4.08. The molecule has 0 spiro atoms. The van der Waals surface area contributed by atoms with Crippen LogP contribution in [-0.2, 0) is 18.4 Å². The molecule has 2 heterocycles. The highest BCUT2D eigenvalue weighted by molar-refractivity contribution is 5.78. The Kier molecular flexibility index (Phi) is 3.41. The van der Waals surface area contributed by atoms with E-state index in [1.807, 2.05) is 0 Å². The number of amides is 1. The van der Waals surface area contributed by atoms with Crippen LogP contribution in [0, 0.1) is 11.3 Å². The van der Waals surface area contributed by atoms with Crippen molar-refractivity contribution in [3.8, 4) is 6.07 Å². The van der Waals surface area contributed by atoms with E-state index in [9.17, 15) is 14.9 Å². The van der Waals surface area contributed by atoms with Gasteiger partial charge >= 0.3 is 0 Å². The molecule has 3 rings (SSSR count). The SMILES string of the molecule is Cn1ncc2c(=O)n(CC(=O)NC3(C#N)CCCC3)cnc21. The van der Waals surface area contributed by atoms with E-state index in [2.05, 4.69) is 21.5 Å². The van der Waals surface area contributed by atoms with Gasteiger partial charge in [0.15, 0.2) is 5.65 Å². The monoisotopic (exact) mass is 300 g/mol. The van der Waals surface area contributed by atoms with Gasteiger partial charge in [-0.1, -0.05) is 0 Å². The van der Waals surface area contributed by atoms with Crippen molar-refractivity contribution < 1.29 is 4.79 Å². The molecule has 0 saturated heterocycles. The smallest absolute Gasteiger partial charge is 0.264 e. The minimum Gasteiger partial charge on any atom is -0.336 e. The molecule has 8 nitrogen and oxygen atoms in total. The van der Waals surface area contributed by atoms with Gasteiger partial charge in [0.2, 0.25) is 5.91 Å². The Bertz CT molecular complexity index is 822. The Labute approximate surface area is 126 Å². The van der Waals surface area contributed by atoms with Crippen LogP contribution in [0.15, 0.2) is 17.3 Å². The fourth-order valence-electron chi connectivity index (χ4n) is 2.88. The second kappa shape index (κ2) is 5.26. The number of nitrogens with one attached hydrogen (secondary N) is 1. The van der Waals surface area contributed by atoms with Crippen molar-refractivity contribution in [2.45, 2.75) is 37.8 Å². The van der Waals surface area contributed by atoms with Crippen molar-refractivity contribution in [1.29, 1.82) is 5.26 Å². The first kappa shape index (κ1) is 14.3. The summed E-state index contributed by atoms with van der Waals surface area (Å²) >= 11 is 0. The molecule has 0 atom stereocenters. The summed E-state index contributed by atoms with van der Waals surface area (Å²) in [5, 5.41) is 16.4. The van der Waals surface area contributed by atoms with Crippen molar-refractivity contribution in [3.63, 3.8) is 0 Å². The summed E-state index contributed by atoms with van der Waals surface area (Å²) in [6.45, 7) is -0.153. The highest BCUT2D eigenvalue weighted by Crippen LogP contribution is 2.28. The van der Waals surface area contributed by atoms with Gasteiger partial charge in [0.1, 0.15) is 23.8 Å². The average molecular weight is 300 g/mol. The van der Waals surface area contributed by atoms with Crippen molar-refractivity contribution in [2.75, 3.05) is 0 Å². The molecule has 0 aliphatic heterocycles. The number of hydrogen-bond acceptors (Lipinski definition) is 5. The summed E-state index contributed by atoms with van der Waals surface area (Å²) in [4.78, 5) is 28.6. The number of carbonyl (C=O) groups excluding carboxylic acids is 1. The zero-order valence-corrected chi connectivity index (χ0v) is 12.2. The second-order valence-electron chi connectivity index (χ2n) is 5.63. The Hall–Kier alpha value is -2.69. The van der Waals surface area contributed by atoms with Gasteiger partial charge in [0.05, 0.1) is 12.3 Å². The maximum atomic E-state index is 12.3. The van der Waals surface area contributed by atoms with Gasteiger partial charge in [-0.3, -0.25) is 18.8 Å². The zero-order valence-electron chi connectivity index (χ0n) is 12.2. The highest BCUT2D eigenvalue weighted by atomic mass is 16.2. The molecule has 0 radical (unpaired) electrons. The third kappa shape index (κ3) is 2.35. The number of aromatic nitrogens is 4. The standard InChI is InChI=1S/C14H16N6O2/c1-19-12-10(6-17-19)13(22)20(9-16-12)7-11(21)18-14(8-15)4-2-3-5-14/h6,9H,2-5,7H2,1H3,(H,18,21). The molecule has 1 aliphatic carbocycles. The van der Waals surface area contributed by atoms with E-state index in [1.54, 1.807) is 7.05 Å². The average Bonchev–Trinajstić information content (AvgIpc) is 3.10. The van der Waals surface area contributed by atoms with E-state index >= 15 is 0 Å². The maximum Gasteiger partial charge on any atom is 0.264 e. The van der Waals surface area contributed by atoms with Crippen LogP contribution in [0.25, 0.3) is 11.0 Å². The number of rotatable bonds is 3. The molecule has 0 unspecified atom stereocenters. The third-order valence-electron chi connectivity index (χ3n) is 4.08. The maximum absolute atomic E-state index is 12.3. The van der Waals surface area contributed by atoms with E-state index < -0.39 is 5.54 Å². The first-order chi connectivity index (χ1) is 10.5. The molecular weight excluding hydrogens is 284 g/mol. The van der Waals surface area contributed by atoms with Gasteiger partial charge in [-0.2, -0.15) is 10.4 Å². The number of nitriles is 1. The fraction of sp³-hybridized carbons (Fsp3) is 0.500. The molecule has 114 valence electrons. The first-order valence-electron chi connectivity index (χ1n) is 7.14. The highest BCUT2D eigenvalue weighted by Gasteiger charge is 2.35. The molecule has 1 amide bonds. The van der Waals surface area contributed by atoms with Crippen LogP contribution in [0.3, 0.4) is 0 Å². The lowest BCUT2D eigenvalue weighted by molar-refractivity contribution is -0.123. The normalized spacial score (nSPS) is 16.5. The molecule has 22 heavy (non-hydrogen) atoms. The number of carbonyl (C=O) groups is 1. The van der Waals surface area contributed by atoms with Crippen LogP contribution < -0.4 is 10.9 Å². The van der Waals surface area contributed by atoms with Crippen molar-refractivity contribution in [2.24, 2.45) is 7.05 Å². The Morgan fingerprint density at radius 1 is 1.50 bits per heavy atom. The number of fused-ring (bicyclic) bond motifs is 1. The Morgan fingerprint density at radius 3 is 2.91 bits per heavy atom. The van der Waals surface area contributed by atoms with Crippen molar-refractivity contribution in [3.05, 3.63) is 22.9 Å². The van der Waals surface area contributed by atoms with Crippen LogP contribution in [0.2, 0.25) is 0 Å². The molecule has 1 fully saturated rings. The Balaban J connectivity index is 1.81. The fourth-order valence-corrected chi connectivity index (χ4v) is 2.88. The van der Waals surface area contributed by atoms with Crippen molar-refractivity contribution >= 4 is 16.9 Å². The summed E-state index contributed by atoms with van der Waals surface area (Å²) in [6, 6.07) is 2.19. The van der Waals surface area contributed by atoms with Gasteiger partial charge in [-0.05, 0) is 25.7 Å². The predicted octanol–water partition coefficient (Wildman–Crippen LogP) is 0.0826. The van der Waals surface area contributed by atoms with Crippen LogP contribution in [0.1, 0.15) is 25.7 Å². The predicted molar refractivity (Wildman–Crippen MR) is 77.7 cm³/mol. The van der Waals surface area contributed by atoms with Crippen LogP contribution in [-0.4, -0.2) is 30.8 Å². The van der Waals surface area contributed by atoms with Gasteiger partial charge < -0.3 is 5.32 Å². The minimum atomic E-state index is -0.785. The lowest BCUT2D eigenvalue weighted by Crippen LogP contribution is -2.47. The molecule has 0 bridgehead atoms.